The van der Waals surface area contributed by atoms with Gasteiger partial charge >= 0.3 is 0 Å². The third-order valence-electron chi connectivity index (χ3n) is 15.0. The SMILES string of the molecule is CCCCCCC/C=C\C/C=C\C/C=C\CCCCCCCCCCCCCCC(=O)NC(COC1OC(CO)C(O)C(O)C1O)C(O)/C=C/CC/C=C/CC/C=C/CCCCCCCCCCCCCCCCCC. The molecule has 0 bridgehead atoms. The molecule has 7 unspecified atom stereocenters. The Hall–Kier alpha value is -2.37. The second kappa shape index (κ2) is 55.9. The molecule has 0 spiro atoms. The van der Waals surface area contributed by atoms with Crippen LogP contribution in [0.4, 0.5) is 0 Å². The van der Waals surface area contributed by atoms with Gasteiger partial charge in [0.15, 0.2) is 6.29 Å². The highest BCUT2D eigenvalue weighted by atomic mass is 16.7. The summed E-state index contributed by atoms with van der Waals surface area (Å²) in [5.41, 5.74) is 0. The van der Waals surface area contributed by atoms with Crippen LogP contribution in [0.25, 0.3) is 0 Å². The average Bonchev–Trinajstić information content (AvgIpc) is 3.42. The van der Waals surface area contributed by atoms with Crippen LogP contribution in [0.3, 0.4) is 0 Å². The summed E-state index contributed by atoms with van der Waals surface area (Å²) in [7, 11) is 0. The van der Waals surface area contributed by atoms with Crippen molar-refractivity contribution in [3.63, 3.8) is 0 Å². The van der Waals surface area contributed by atoms with Gasteiger partial charge in [0.25, 0.3) is 0 Å². The lowest BCUT2D eigenvalue weighted by Gasteiger charge is -2.40. The molecule has 9 heteroatoms. The number of hydrogen-bond donors (Lipinski definition) is 6. The Balaban J connectivity index is 2.22. The van der Waals surface area contributed by atoms with Crippen LogP contribution in [0.5, 0.6) is 0 Å². The van der Waals surface area contributed by atoms with Gasteiger partial charge in [-0.15, -0.1) is 0 Å². The maximum absolute atomic E-state index is 13.1. The van der Waals surface area contributed by atoms with Crippen molar-refractivity contribution in [2.24, 2.45) is 0 Å². The van der Waals surface area contributed by atoms with Gasteiger partial charge in [-0.2, -0.15) is 0 Å². The van der Waals surface area contributed by atoms with E-state index in [2.05, 4.69) is 79.9 Å². The van der Waals surface area contributed by atoms with Crippen LogP contribution in [-0.2, 0) is 14.3 Å². The normalized spacial score (nSPS) is 19.3. The van der Waals surface area contributed by atoms with E-state index in [0.717, 1.165) is 57.8 Å². The Kier molecular flexibility index (Phi) is 52.7. The Morgan fingerprint density at radius 3 is 1.20 bits per heavy atom. The number of allylic oxidation sites excluding steroid dienone is 11. The van der Waals surface area contributed by atoms with Crippen molar-refractivity contribution in [2.45, 2.75) is 333 Å². The third kappa shape index (κ3) is 44.5. The number of ether oxygens (including phenoxy) is 2. The second-order valence-electron chi connectivity index (χ2n) is 22.2. The predicted octanol–water partition coefficient (Wildman–Crippen LogP) is 16.8. The minimum Gasteiger partial charge on any atom is -0.394 e. The van der Waals surface area contributed by atoms with Crippen molar-refractivity contribution in [3.05, 3.63) is 72.9 Å². The number of aliphatic hydroxyl groups excluding tert-OH is 5. The first-order valence-corrected chi connectivity index (χ1v) is 32.2. The molecule has 0 aromatic rings. The molecule has 0 aliphatic carbocycles. The van der Waals surface area contributed by atoms with E-state index in [1.807, 2.05) is 6.08 Å². The molecular formula is C67H121NO8. The summed E-state index contributed by atoms with van der Waals surface area (Å²) in [6.45, 7) is 3.77. The number of carbonyl (C=O) groups excluding carboxylic acids is 1. The van der Waals surface area contributed by atoms with Crippen molar-refractivity contribution in [1.29, 1.82) is 0 Å². The van der Waals surface area contributed by atoms with E-state index in [-0.39, 0.29) is 12.5 Å². The first kappa shape index (κ1) is 71.6. The molecule has 0 aromatic carbocycles. The summed E-state index contributed by atoms with van der Waals surface area (Å²) in [6, 6.07) is -0.834. The maximum atomic E-state index is 13.1. The lowest BCUT2D eigenvalue weighted by molar-refractivity contribution is -0.302. The number of amides is 1. The molecular weight excluding hydrogens is 947 g/mol. The minimum atomic E-state index is -1.58. The largest absolute Gasteiger partial charge is 0.394 e. The quantitative estimate of drug-likeness (QED) is 0.0261. The summed E-state index contributed by atoms with van der Waals surface area (Å²) < 4.78 is 11.3. The van der Waals surface area contributed by atoms with E-state index in [9.17, 15) is 30.3 Å². The first-order chi connectivity index (χ1) is 37.3. The van der Waals surface area contributed by atoms with E-state index in [0.29, 0.717) is 6.42 Å². The van der Waals surface area contributed by atoms with Gasteiger partial charge < -0.3 is 40.3 Å². The van der Waals surface area contributed by atoms with Gasteiger partial charge in [0.1, 0.15) is 24.4 Å². The van der Waals surface area contributed by atoms with Crippen LogP contribution in [0.1, 0.15) is 290 Å². The second-order valence-corrected chi connectivity index (χ2v) is 22.2. The molecule has 76 heavy (non-hydrogen) atoms. The molecule has 1 aliphatic heterocycles. The summed E-state index contributed by atoms with van der Waals surface area (Å²) in [5, 5.41) is 54.6. The molecule has 442 valence electrons. The molecule has 9 nitrogen and oxygen atoms in total. The fourth-order valence-electron chi connectivity index (χ4n) is 9.90. The van der Waals surface area contributed by atoms with Crippen LogP contribution in [-0.4, -0.2) is 87.5 Å². The highest BCUT2D eigenvalue weighted by Crippen LogP contribution is 2.23. The molecule has 1 rings (SSSR count). The van der Waals surface area contributed by atoms with Crippen LogP contribution in [0, 0.1) is 0 Å². The van der Waals surface area contributed by atoms with Crippen LogP contribution in [0.15, 0.2) is 72.9 Å². The number of rotatable bonds is 55. The zero-order valence-corrected chi connectivity index (χ0v) is 49.3. The molecule has 0 aromatic heterocycles. The van der Waals surface area contributed by atoms with Crippen LogP contribution < -0.4 is 5.32 Å². The van der Waals surface area contributed by atoms with Crippen molar-refractivity contribution >= 4 is 5.91 Å². The smallest absolute Gasteiger partial charge is 0.220 e. The standard InChI is InChI=1S/C67H121NO8/c1-3-5-7-9-11-13-15-17-19-21-23-25-27-29-31-33-35-37-39-41-43-45-47-49-51-53-55-57-63(71)68-60(59-75-67-66(74)65(73)64(72)62(58-69)76-67)61(70)56-54-52-50-48-46-44-42-40-38-36-34-32-30-28-26-24-22-20-18-16-14-12-10-8-6-4-2/h15,17,21,23,27,29,38,40,46,48,54,56,60-62,64-67,69-70,72-74H,3-14,16,18-20,22,24-26,28,30-37,39,41-45,47,49-53,55,57-59H2,1-2H3,(H,68,71)/b17-15-,23-21-,29-27-,40-38+,48-46+,56-54+. The first-order valence-electron chi connectivity index (χ1n) is 32.2. The summed E-state index contributed by atoms with van der Waals surface area (Å²) in [4.78, 5) is 13.1. The molecule has 0 saturated carbocycles. The van der Waals surface area contributed by atoms with Crippen molar-refractivity contribution in [3.8, 4) is 0 Å². The Morgan fingerprint density at radius 2 is 0.789 bits per heavy atom. The molecule has 1 amide bonds. The third-order valence-corrected chi connectivity index (χ3v) is 15.0. The van der Waals surface area contributed by atoms with Gasteiger partial charge in [-0.25, -0.2) is 0 Å². The molecule has 0 radical (unpaired) electrons. The van der Waals surface area contributed by atoms with Gasteiger partial charge in [0.2, 0.25) is 5.91 Å². The van der Waals surface area contributed by atoms with Crippen molar-refractivity contribution in [1.82, 2.24) is 5.32 Å². The van der Waals surface area contributed by atoms with E-state index in [1.165, 1.54) is 212 Å². The van der Waals surface area contributed by atoms with Gasteiger partial charge in [0, 0.05) is 6.42 Å². The predicted molar refractivity (Wildman–Crippen MR) is 322 cm³/mol. The molecule has 1 saturated heterocycles. The maximum Gasteiger partial charge on any atom is 0.220 e. The minimum absolute atomic E-state index is 0.192. The number of unbranched alkanes of at least 4 members (excludes halogenated alkanes) is 35. The zero-order valence-electron chi connectivity index (χ0n) is 49.3. The Morgan fingerprint density at radius 1 is 0.447 bits per heavy atom. The molecule has 6 N–H and O–H groups in total. The van der Waals surface area contributed by atoms with E-state index in [1.54, 1.807) is 6.08 Å². The lowest BCUT2D eigenvalue weighted by Crippen LogP contribution is -2.60. The molecule has 1 heterocycles. The Labute approximate surface area is 468 Å². The molecule has 1 fully saturated rings. The number of carbonyl (C=O) groups is 1. The highest BCUT2D eigenvalue weighted by molar-refractivity contribution is 5.76. The molecule has 1 aliphatic rings. The van der Waals surface area contributed by atoms with Crippen LogP contribution in [0.2, 0.25) is 0 Å². The Bertz CT molecular complexity index is 1420. The number of nitrogens with one attached hydrogen (secondary N) is 1. The average molecular weight is 1070 g/mol. The van der Waals surface area contributed by atoms with E-state index < -0.39 is 49.5 Å². The monoisotopic (exact) mass is 1070 g/mol. The van der Waals surface area contributed by atoms with E-state index in [4.69, 9.17) is 9.47 Å². The van der Waals surface area contributed by atoms with E-state index >= 15 is 0 Å². The molecule has 7 atom stereocenters. The zero-order chi connectivity index (χ0) is 55.0. The lowest BCUT2D eigenvalue weighted by atomic mass is 9.99. The van der Waals surface area contributed by atoms with Crippen molar-refractivity contribution < 1.29 is 39.8 Å². The number of aliphatic hydroxyl groups is 5. The van der Waals surface area contributed by atoms with Crippen LogP contribution >= 0.6 is 0 Å². The van der Waals surface area contributed by atoms with Gasteiger partial charge in [-0.05, 0) is 83.5 Å². The topological polar surface area (TPSA) is 149 Å². The number of hydrogen-bond acceptors (Lipinski definition) is 8. The van der Waals surface area contributed by atoms with Gasteiger partial charge in [0.05, 0.1) is 25.4 Å². The highest BCUT2D eigenvalue weighted by Gasteiger charge is 2.44. The van der Waals surface area contributed by atoms with Gasteiger partial charge in [-0.1, -0.05) is 273 Å². The fraction of sp³-hybridized carbons (Fsp3) is 0.806. The summed E-state index contributed by atoms with van der Waals surface area (Å²) in [6.07, 6.45) is 71.3. The summed E-state index contributed by atoms with van der Waals surface area (Å²) in [5.74, 6) is -0.192. The summed E-state index contributed by atoms with van der Waals surface area (Å²) >= 11 is 0. The van der Waals surface area contributed by atoms with Crippen molar-refractivity contribution in [2.75, 3.05) is 13.2 Å². The van der Waals surface area contributed by atoms with Gasteiger partial charge in [-0.3, -0.25) is 4.79 Å². The fourth-order valence-corrected chi connectivity index (χ4v) is 9.90.